The Morgan fingerprint density at radius 2 is 2.07 bits per heavy atom. The van der Waals surface area contributed by atoms with Gasteiger partial charge in [0, 0.05) is 43.4 Å². The quantitative estimate of drug-likeness (QED) is 0.706. The summed E-state index contributed by atoms with van der Waals surface area (Å²) >= 11 is 0. The number of nitrogens with zero attached hydrogens (tertiary/aromatic N) is 3. The number of aromatic nitrogens is 1. The van der Waals surface area contributed by atoms with Crippen LogP contribution in [0, 0.1) is 11.7 Å². The fourth-order valence-corrected chi connectivity index (χ4v) is 5.45. The van der Waals surface area contributed by atoms with E-state index in [1.807, 2.05) is 4.57 Å². The highest BCUT2D eigenvalue weighted by molar-refractivity contribution is 5.92. The Labute approximate surface area is 175 Å². The van der Waals surface area contributed by atoms with E-state index >= 15 is 4.39 Å². The molecule has 3 fully saturated rings. The van der Waals surface area contributed by atoms with Crippen molar-refractivity contribution in [3.8, 4) is 5.75 Å². The van der Waals surface area contributed by atoms with Crippen LogP contribution in [0.4, 0.5) is 10.1 Å². The number of carbonyl (C=O) groups is 1. The number of likely N-dealkylation sites (N-methyl/N-ethyl adjacent to an activating group) is 1. The van der Waals surface area contributed by atoms with E-state index in [0.717, 1.165) is 45.2 Å². The number of ether oxygens (including phenoxy) is 1. The molecule has 7 heteroatoms. The highest BCUT2D eigenvalue weighted by Crippen LogP contribution is 2.45. The summed E-state index contributed by atoms with van der Waals surface area (Å²) in [6.07, 6.45) is 6.88. The Morgan fingerprint density at radius 3 is 2.73 bits per heavy atom. The highest BCUT2D eigenvalue weighted by Gasteiger charge is 2.40. The monoisotopic (exact) mass is 413 g/mol. The van der Waals surface area contributed by atoms with Gasteiger partial charge in [0.05, 0.1) is 18.0 Å². The molecule has 2 aliphatic heterocycles. The minimum absolute atomic E-state index is 0.0367. The van der Waals surface area contributed by atoms with Crippen LogP contribution in [0.3, 0.4) is 0 Å². The number of fused-ring (bicyclic) bond motifs is 2. The summed E-state index contributed by atoms with van der Waals surface area (Å²) in [5.41, 5.74) is 1.24. The van der Waals surface area contributed by atoms with E-state index in [1.54, 1.807) is 13.3 Å². The third-order valence-electron chi connectivity index (χ3n) is 7.09. The topological polar surface area (TPSA) is 54.8 Å². The van der Waals surface area contributed by atoms with Gasteiger partial charge in [-0.1, -0.05) is 0 Å². The normalized spacial score (nSPS) is 24.3. The number of halogens is 1. The fraction of sp³-hybridized carbons (Fsp3) is 0.565. The summed E-state index contributed by atoms with van der Waals surface area (Å²) in [5.74, 6) is 0.528. The van der Waals surface area contributed by atoms with Crippen molar-refractivity contribution < 1.29 is 13.9 Å². The van der Waals surface area contributed by atoms with Crippen LogP contribution >= 0.6 is 0 Å². The first-order valence-electron chi connectivity index (χ1n) is 10.9. The van der Waals surface area contributed by atoms with Crippen LogP contribution in [0.15, 0.2) is 17.1 Å². The maximum Gasteiger partial charge on any atom is 0.193 e. The van der Waals surface area contributed by atoms with Gasteiger partial charge in [0.25, 0.3) is 0 Å². The van der Waals surface area contributed by atoms with Gasteiger partial charge in [-0.05, 0) is 51.3 Å². The van der Waals surface area contributed by atoms with Crippen LogP contribution in [-0.4, -0.2) is 55.6 Å². The third-order valence-corrected chi connectivity index (χ3v) is 7.09. The molecule has 0 radical (unpaired) electrons. The number of anilines is 1. The lowest BCUT2D eigenvalue weighted by Gasteiger charge is -2.33. The summed E-state index contributed by atoms with van der Waals surface area (Å²) in [5, 5.41) is 0.299. The molecular weight excluding hydrogens is 385 g/mol. The van der Waals surface area contributed by atoms with Crippen molar-refractivity contribution in [1.82, 2.24) is 9.47 Å². The minimum Gasteiger partial charge on any atom is -0.492 e. The molecule has 0 spiro atoms. The van der Waals surface area contributed by atoms with E-state index in [9.17, 15) is 9.59 Å². The molecule has 6 nitrogen and oxygen atoms in total. The van der Waals surface area contributed by atoms with Crippen LogP contribution in [0.2, 0.25) is 0 Å². The molecule has 0 N–H and O–H groups in total. The lowest BCUT2D eigenvalue weighted by molar-refractivity contribution is -0.107. The van der Waals surface area contributed by atoms with Crippen molar-refractivity contribution in [2.24, 2.45) is 5.92 Å². The molecule has 160 valence electrons. The number of piperidine rings is 1. The second kappa shape index (κ2) is 7.38. The Balaban J connectivity index is 1.69. The zero-order valence-electron chi connectivity index (χ0n) is 17.6. The molecule has 2 atom stereocenters. The first kappa shape index (κ1) is 19.5. The molecular formula is C23H28FN3O3. The first-order chi connectivity index (χ1) is 14.5. The molecule has 1 aliphatic carbocycles. The number of aldehydes is 1. The third kappa shape index (κ3) is 3.02. The maximum absolute atomic E-state index is 15.5. The van der Waals surface area contributed by atoms with Gasteiger partial charge in [-0.15, -0.1) is 0 Å². The Morgan fingerprint density at radius 1 is 1.27 bits per heavy atom. The second-order valence-corrected chi connectivity index (χ2v) is 8.98. The fourth-order valence-electron chi connectivity index (χ4n) is 5.45. The lowest BCUT2D eigenvalue weighted by Crippen LogP contribution is -2.42. The van der Waals surface area contributed by atoms with Crippen LogP contribution in [-0.2, 0) is 11.2 Å². The van der Waals surface area contributed by atoms with E-state index in [-0.39, 0.29) is 17.9 Å². The van der Waals surface area contributed by atoms with Crippen molar-refractivity contribution in [3.05, 3.63) is 33.9 Å². The molecule has 5 rings (SSSR count). The number of likely N-dealkylation sites (tertiary alicyclic amines) is 1. The Bertz CT molecular complexity index is 1060. The molecule has 1 aromatic carbocycles. The number of benzene rings is 1. The Kier molecular flexibility index (Phi) is 4.81. The van der Waals surface area contributed by atoms with Crippen molar-refractivity contribution in [2.45, 2.75) is 44.2 Å². The summed E-state index contributed by atoms with van der Waals surface area (Å²) in [6.45, 7) is 2.63. The van der Waals surface area contributed by atoms with Crippen LogP contribution in [0.25, 0.3) is 10.9 Å². The summed E-state index contributed by atoms with van der Waals surface area (Å²) in [6, 6.07) is 2.03. The molecule has 3 heterocycles. The number of methoxy groups -OCH3 is 1. The van der Waals surface area contributed by atoms with Crippen molar-refractivity contribution in [3.63, 3.8) is 0 Å². The predicted molar refractivity (Wildman–Crippen MR) is 114 cm³/mol. The molecule has 3 aliphatic rings. The lowest BCUT2D eigenvalue weighted by atomic mass is 9.93. The van der Waals surface area contributed by atoms with Gasteiger partial charge in [0.1, 0.15) is 12.0 Å². The Hall–Kier alpha value is -2.41. The van der Waals surface area contributed by atoms with E-state index in [4.69, 9.17) is 4.74 Å². The van der Waals surface area contributed by atoms with Gasteiger partial charge < -0.3 is 23.9 Å². The molecule has 2 saturated heterocycles. The number of carbonyl (C=O) groups excluding carboxylic acids is 1. The molecule has 1 aromatic heterocycles. The van der Waals surface area contributed by atoms with Gasteiger partial charge in [0.15, 0.2) is 17.0 Å². The van der Waals surface area contributed by atoms with Gasteiger partial charge in [-0.3, -0.25) is 4.79 Å². The van der Waals surface area contributed by atoms with E-state index in [1.165, 1.54) is 12.5 Å². The summed E-state index contributed by atoms with van der Waals surface area (Å²) in [7, 11) is 3.70. The SMILES string of the molecule is COc1c(N2CC3CCCN(C)C3C2)c(F)cc2c(=O)c(CC=O)cn(C3CC3)c12. The summed E-state index contributed by atoms with van der Waals surface area (Å²) < 4.78 is 23.3. The van der Waals surface area contributed by atoms with Crippen molar-refractivity contribution in [1.29, 1.82) is 0 Å². The van der Waals surface area contributed by atoms with Crippen LogP contribution in [0.1, 0.15) is 37.3 Å². The van der Waals surface area contributed by atoms with Crippen LogP contribution in [0.5, 0.6) is 5.75 Å². The molecule has 30 heavy (non-hydrogen) atoms. The van der Waals surface area contributed by atoms with Gasteiger partial charge in [0.2, 0.25) is 0 Å². The van der Waals surface area contributed by atoms with Crippen molar-refractivity contribution in [2.75, 3.05) is 38.7 Å². The number of pyridine rings is 1. The van der Waals surface area contributed by atoms with E-state index in [2.05, 4.69) is 16.8 Å². The largest absolute Gasteiger partial charge is 0.492 e. The standard InChI is InChI=1S/C23H28FN3O3/c1-25-8-3-4-14-11-26(13-19(14)25)21-18(24)10-17-20(23(21)30-2)27(16-5-6-16)12-15(7-9-28)22(17)29/h9-10,12,14,16,19H,3-8,11,13H2,1-2H3. The smallest absolute Gasteiger partial charge is 0.193 e. The van der Waals surface area contributed by atoms with Gasteiger partial charge >= 0.3 is 0 Å². The number of hydrogen-bond acceptors (Lipinski definition) is 5. The number of hydrogen-bond donors (Lipinski definition) is 0. The molecule has 0 bridgehead atoms. The average molecular weight is 413 g/mol. The molecule has 1 saturated carbocycles. The average Bonchev–Trinajstić information content (AvgIpc) is 3.48. The van der Waals surface area contributed by atoms with Gasteiger partial charge in [-0.25, -0.2) is 4.39 Å². The number of rotatable bonds is 5. The predicted octanol–water partition coefficient (Wildman–Crippen LogP) is 2.76. The molecule has 0 amide bonds. The minimum atomic E-state index is -0.427. The zero-order valence-corrected chi connectivity index (χ0v) is 17.6. The zero-order chi connectivity index (χ0) is 21.0. The van der Waals surface area contributed by atoms with E-state index < -0.39 is 5.82 Å². The summed E-state index contributed by atoms with van der Waals surface area (Å²) in [4.78, 5) is 28.6. The first-order valence-corrected chi connectivity index (χ1v) is 10.9. The van der Waals surface area contributed by atoms with Crippen LogP contribution < -0.4 is 15.1 Å². The second-order valence-electron chi connectivity index (χ2n) is 8.98. The molecule has 2 unspecified atom stereocenters. The highest BCUT2D eigenvalue weighted by atomic mass is 19.1. The molecule has 2 aromatic rings. The maximum atomic E-state index is 15.5. The van der Waals surface area contributed by atoms with Gasteiger partial charge in [-0.2, -0.15) is 0 Å². The van der Waals surface area contributed by atoms with Crippen molar-refractivity contribution >= 4 is 22.9 Å². The van der Waals surface area contributed by atoms with E-state index in [0.29, 0.717) is 39.9 Å².